The summed E-state index contributed by atoms with van der Waals surface area (Å²) in [6, 6.07) is 17.6. The van der Waals surface area contributed by atoms with E-state index in [4.69, 9.17) is 9.15 Å². The first-order chi connectivity index (χ1) is 13.2. The zero-order valence-corrected chi connectivity index (χ0v) is 14.9. The van der Waals surface area contributed by atoms with Crippen LogP contribution in [0.15, 0.2) is 71.3 Å². The molecule has 2 amide bonds. The Bertz CT molecular complexity index is 902. The molecule has 0 unspecified atom stereocenters. The second kappa shape index (κ2) is 8.71. The quantitative estimate of drug-likeness (QED) is 0.675. The van der Waals surface area contributed by atoms with Gasteiger partial charge >= 0.3 is 0 Å². The normalized spacial score (nSPS) is 10.3. The van der Waals surface area contributed by atoms with E-state index in [9.17, 15) is 9.59 Å². The second-order valence-electron chi connectivity index (χ2n) is 5.87. The van der Waals surface area contributed by atoms with Crippen molar-refractivity contribution in [2.24, 2.45) is 0 Å². The number of ether oxygens (including phenoxy) is 1. The minimum atomic E-state index is -0.267. The summed E-state index contributed by atoms with van der Waals surface area (Å²) in [5.74, 6) is 0.915. The van der Waals surface area contributed by atoms with Crippen molar-refractivity contribution in [3.8, 4) is 5.75 Å². The molecule has 2 aromatic carbocycles. The lowest BCUT2D eigenvalue weighted by Gasteiger charge is -2.08. The van der Waals surface area contributed by atoms with E-state index < -0.39 is 0 Å². The molecule has 6 nitrogen and oxygen atoms in total. The first-order valence-electron chi connectivity index (χ1n) is 8.47. The monoisotopic (exact) mass is 364 g/mol. The number of hydrogen-bond donors (Lipinski definition) is 2. The van der Waals surface area contributed by atoms with Gasteiger partial charge in [-0.2, -0.15) is 0 Å². The number of benzene rings is 2. The molecular formula is C21H20N2O4. The third kappa shape index (κ3) is 4.98. The lowest BCUT2D eigenvalue weighted by atomic mass is 10.1. The van der Waals surface area contributed by atoms with E-state index in [2.05, 4.69) is 10.6 Å². The first kappa shape index (κ1) is 18.3. The molecule has 27 heavy (non-hydrogen) atoms. The van der Waals surface area contributed by atoms with Crippen molar-refractivity contribution in [1.29, 1.82) is 0 Å². The van der Waals surface area contributed by atoms with Gasteiger partial charge in [0.25, 0.3) is 11.8 Å². The first-order valence-corrected chi connectivity index (χ1v) is 8.47. The number of amides is 2. The molecule has 3 rings (SSSR count). The van der Waals surface area contributed by atoms with E-state index in [1.807, 2.05) is 24.3 Å². The van der Waals surface area contributed by atoms with Gasteiger partial charge in [0.2, 0.25) is 0 Å². The number of furan rings is 1. The molecule has 0 aliphatic carbocycles. The van der Waals surface area contributed by atoms with E-state index in [-0.39, 0.29) is 11.8 Å². The minimum absolute atomic E-state index is 0.244. The molecule has 0 bridgehead atoms. The molecular weight excluding hydrogens is 344 g/mol. The van der Waals surface area contributed by atoms with Gasteiger partial charge in [-0.1, -0.05) is 18.2 Å². The highest BCUT2D eigenvalue weighted by Gasteiger charge is 2.11. The van der Waals surface area contributed by atoms with Crippen LogP contribution < -0.4 is 15.4 Å². The number of nitrogens with one attached hydrogen (secondary N) is 2. The summed E-state index contributed by atoms with van der Waals surface area (Å²) in [5.41, 5.74) is 1.80. The fraction of sp³-hybridized carbons (Fsp3) is 0.143. The lowest BCUT2D eigenvalue weighted by molar-refractivity contribution is 0.0948. The Labute approximate surface area is 157 Å². The highest BCUT2D eigenvalue weighted by molar-refractivity contribution is 5.99. The van der Waals surface area contributed by atoms with Gasteiger partial charge < -0.3 is 19.8 Å². The molecule has 0 aliphatic rings. The van der Waals surface area contributed by atoms with Gasteiger partial charge in [-0.3, -0.25) is 9.59 Å². The number of carbonyl (C=O) groups is 2. The largest absolute Gasteiger partial charge is 0.497 e. The van der Waals surface area contributed by atoms with Crippen molar-refractivity contribution in [2.45, 2.75) is 13.1 Å². The van der Waals surface area contributed by atoms with E-state index >= 15 is 0 Å². The Kier molecular flexibility index (Phi) is 5.89. The predicted octanol–water partition coefficient (Wildman–Crippen LogP) is 3.15. The zero-order chi connectivity index (χ0) is 19.1. The Balaban J connectivity index is 1.58. The van der Waals surface area contributed by atoms with Crippen LogP contribution in [-0.4, -0.2) is 18.9 Å². The smallest absolute Gasteiger partial charge is 0.251 e. The third-order valence-corrected chi connectivity index (χ3v) is 4.00. The molecule has 0 spiro atoms. The highest BCUT2D eigenvalue weighted by Crippen LogP contribution is 2.12. The van der Waals surface area contributed by atoms with Crippen LogP contribution in [0.25, 0.3) is 0 Å². The predicted molar refractivity (Wildman–Crippen MR) is 100 cm³/mol. The van der Waals surface area contributed by atoms with Crippen LogP contribution in [0.5, 0.6) is 5.75 Å². The van der Waals surface area contributed by atoms with Crippen molar-refractivity contribution >= 4 is 11.8 Å². The Morgan fingerprint density at radius 1 is 0.889 bits per heavy atom. The van der Waals surface area contributed by atoms with Gasteiger partial charge in [0.05, 0.1) is 19.9 Å². The highest BCUT2D eigenvalue weighted by atomic mass is 16.5. The molecule has 0 aliphatic heterocycles. The van der Waals surface area contributed by atoms with Gasteiger partial charge in [-0.05, 0) is 48.0 Å². The molecule has 138 valence electrons. The number of carbonyl (C=O) groups excluding carboxylic acids is 2. The third-order valence-electron chi connectivity index (χ3n) is 4.00. The van der Waals surface area contributed by atoms with Crippen molar-refractivity contribution < 1.29 is 18.7 Å². The Morgan fingerprint density at radius 3 is 2.15 bits per heavy atom. The van der Waals surface area contributed by atoms with Crippen LogP contribution >= 0.6 is 0 Å². The van der Waals surface area contributed by atoms with Gasteiger partial charge in [0, 0.05) is 17.7 Å². The van der Waals surface area contributed by atoms with Crippen molar-refractivity contribution in [1.82, 2.24) is 10.6 Å². The summed E-state index contributed by atoms with van der Waals surface area (Å²) < 4.78 is 10.3. The molecule has 0 saturated carbocycles. The Hall–Kier alpha value is -3.54. The standard InChI is InChI=1S/C21H20N2O4/c1-26-18-9-7-15(8-10-18)13-22-20(24)16-4-2-5-17(12-16)21(25)23-14-19-6-3-11-27-19/h2-12H,13-14H2,1H3,(H,22,24)(H,23,25). The number of rotatable bonds is 7. The molecule has 0 atom stereocenters. The molecule has 2 N–H and O–H groups in total. The average Bonchev–Trinajstić information content (AvgIpc) is 3.24. The summed E-state index contributed by atoms with van der Waals surface area (Å²) >= 11 is 0. The second-order valence-corrected chi connectivity index (χ2v) is 5.87. The van der Waals surface area contributed by atoms with E-state index in [1.54, 1.807) is 49.8 Å². The molecule has 0 fully saturated rings. The molecule has 0 saturated heterocycles. The summed E-state index contributed by atoms with van der Waals surface area (Å²) in [6.45, 7) is 0.678. The number of methoxy groups -OCH3 is 1. The fourth-order valence-corrected chi connectivity index (χ4v) is 2.51. The summed E-state index contributed by atoms with van der Waals surface area (Å²) in [6.07, 6.45) is 1.55. The van der Waals surface area contributed by atoms with Crippen LogP contribution in [0.1, 0.15) is 32.0 Å². The van der Waals surface area contributed by atoms with Crippen molar-refractivity contribution in [3.63, 3.8) is 0 Å². The zero-order valence-electron chi connectivity index (χ0n) is 14.9. The topological polar surface area (TPSA) is 80.6 Å². The SMILES string of the molecule is COc1ccc(CNC(=O)c2cccc(C(=O)NCc3ccco3)c2)cc1. The van der Waals surface area contributed by atoms with Gasteiger partial charge in [0.15, 0.2) is 0 Å². The molecule has 3 aromatic rings. The molecule has 0 radical (unpaired) electrons. The van der Waals surface area contributed by atoms with Crippen LogP contribution in [0.4, 0.5) is 0 Å². The Morgan fingerprint density at radius 2 is 1.56 bits per heavy atom. The fourth-order valence-electron chi connectivity index (χ4n) is 2.51. The van der Waals surface area contributed by atoms with Crippen LogP contribution in [0.2, 0.25) is 0 Å². The number of hydrogen-bond acceptors (Lipinski definition) is 4. The summed E-state index contributed by atoms with van der Waals surface area (Å²) in [5, 5.41) is 5.61. The maximum absolute atomic E-state index is 12.4. The van der Waals surface area contributed by atoms with Gasteiger partial charge in [-0.15, -0.1) is 0 Å². The van der Waals surface area contributed by atoms with Gasteiger partial charge in [-0.25, -0.2) is 0 Å². The molecule has 6 heteroatoms. The van der Waals surface area contributed by atoms with E-state index in [1.165, 1.54) is 0 Å². The minimum Gasteiger partial charge on any atom is -0.497 e. The van der Waals surface area contributed by atoms with Crippen LogP contribution in [0, 0.1) is 0 Å². The van der Waals surface area contributed by atoms with E-state index in [0.29, 0.717) is 30.0 Å². The maximum atomic E-state index is 12.4. The lowest BCUT2D eigenvalue weighted by Crippen LogP contribution is -2.25. The van der Waals surface area contributed by atoms with Crippen molar-refractivity contribution in [2.75, 3.05) is 7.11 Å². The van der Waals surface area contributed by atoms with Gasteiger partial charge in [0.1, 0.15) is 11.5 Å². The summed E-state index contributed by atoms with van der Waals surface area (Å²) in [7, 11) is 1.61. The molecule has 1 aromatic heterocycles. The maximum Gasteiger partial charge on any atom is 0.251 e. The van der Waals surface area contributed by atoms with E-state index in [0.717, 1.165) is 11.3 Å². The van der Waals surface area contributed by atoms with Crippen molar-refractivity contribution in [3.05, 3.63) is 89.4 Å². The van der Waals surface area contributed by atoms with Crippen LogP contribution in [-0.2, 0) is 13.1 Å². The average molecular weight is 364 g/mol. The van der Waals surface area contributed by atoms with Crippen LogP contribution in [0.3, 0.4) is 0 Å². The summed E-state index contributed by atoms with van der Waals surface area (Å²) in [4.78, 5) is 24.6. The molecule has 1 heterocycles.